The lowest BCUT2D eigenvalue weighted by molar-refractivity contribution is 0.0432. The van der Waals surface area contributed by atoms with Crippen molar-refractivity contribution in [2.45, 2.75) is 25.7 Å². The lowest BCUT2D eigenvalue weighted by Crippen LogP contribution is -2.10. The first-order chi connectivity index (χ1) is 27.0. The van der Waals surface area contributed by atoms with Crippen LogP contribution in [-0.4, -0.2) is 72.5 Å². The van der Waals surface area contributed by atoms with Gasteiger partial charge in [-0.25, -0.2) is 28.8 Å². The third-order valence-corrected chi connectivity index (χ3v) is 8.97. The van der Waals surface area contributed by atoms with Crippen LogP contribution in [0.5, 0.6) is 0 Å². The molecular formula is C44H36O12. The van der Waals surface area contributed by atoms with Gasteiger partial charge >= 0.3 is 35.8 Å². The number of benzene rings is 6. The van der Waals surface area contributed by atoms with Gasteiger partial charge in [-0.3, -0.25) is 0 Å². The van der Waals surface area contributed by atoms with E-state index in [0.29, 0.717) is 58.7 Å². The number of fused-ring (bicyclic) bond motifs is 3. The number of hydrogen-bond acceptors (Lipinski definition) is 10. The molecule has 284 valence electrons. The van der Waals surface area contributed by atoms with Crippen molar-refractivity contribution in [1.82, 2.24) is 0 Å². The molecular weight excluding hydrogens is 720 g/mol. The molecule has 0 bridgehead atoms. The molecule has 0 aliphatic rings. The zero-order valence-corrected chi connectivity index (χ0v) is 30.0. The van der Waals surface area contributed by atoms with Crippen LogP contribution in [0.25, 0.3) is 32.3 Å². The number of carbonyl (C=O) groups is 6. The molecule has 0 aromatic heterocycles. The second kappa shape index (κ2) is 17.8. The zero-order chi connectivity index (χ0) is 39.6. The van der Waals surface area contributed by atoms with E-state index in [-0.39, 0.29) is 37.6 Å². The summed E-state index contributed by atoms with van der Waals surface area (Å²) in [5, 5.41) is 22.6. The average molecular weight is 757 g/mol. The first kappa shape index (κ1) is 38.6. The quantitative estimate of drug-likeness (QED) is 0.0551. The predicted octanol–water partition coefficient (Wildman–Crippen LogP) is 8.13. The second-order valence-electron chi connectivity index (χ2n) is 12.9. The number of aromatic carboxylic acids is 2. The first-order valence-corrected chi connectivity index (χ1v) is 17.8. The number of carbonyl (C=O) groups excluding carboxylic acids is 4. The van der Waals surface area contributed by atoms with E-state index < -0.39 is 35.8 Å². The molecule has 0 radical (unpaired) electrons. The minimum atomic E-state index is -1.03. The highest BCUT2D eigenvalue weighted by Crippen LogP contribution is 2.22. The van der Waals surface area contributed by atoms with E-state index in [1.807, 2.05) is 0 Å². The number of esters is 4. The van der Waals surface area contributed by atoms with Gasteiger partial charge in [0.05, 0.1) is 59.8 Å². The standard InChI is InChI=1S/C44H36O12/c45-39(46)33-11-5-29-23-35(13-7-27(29)21-33)41(49)53-17-1-3-19-55-43(51)37-15-9-32-26-38(16-10-31(32)25-37)44(52)56-20-4-2-18-54-42(50)36-14-8-28-22-34(40(47)48)12-6-30(28)24-36/h5-16,21-26H,1-4,17-20H2,(H,45,46)(H,47,48). The Balaban J connectivity index is 0.872. The summed E-state index contributed by atoms with van der Waals surface area (Å²) >= 11 is 0. The van der Waals surface area contributed by atoms with Crippen molar-refractivity contribution in [2.75, 3.05) is 26.4 Å². The largest absolute Gasteiger partial charge is 0.478 e. The van der Waals surface area contributed by atoms with Crippen molar-refractivity contribution in [1.29, 1.82) is 0 Å². The summed E-state index contributed by atoms with van der Waals surface area (Å²) in [6, 6.07) is 29.1. The highest BCUT2D eigenvalue weighted by atomic mass is 16.5. The van der Waals surface area contributed by atoms with Crippen LogP contribution < -0.4 is 0 Å². The second-order valence-corrected chi connectivity index (χ2v) is 12.9. The van der Waals surface area contributed by atoms with Gasteiger partial charge in [-0.2, -0.15) is 0 Å². The molecule has 0 aliphatic carbocycles. The topological polar surface area (TPSA) is 180 Å². The molecule has 2 N–H and O–H groups in total. The minimum absolute atomic E-state index is 0.131. The molecule has 6 aromatic rings. The Bertz CT molecular complexity index is 2310. The summed E-state index contributed by atoms with van der Waals surface area (Å²) in [7, 11) is 0. The van der Waals surface area contributed by atoms with Crippen LogP contribution in [0.1, 0.15) is 87.8 Å². The smallest absolute Gasteiger partial charge is 0.338 e. The number of hydrogen-bond donors (Lipinski definition) is 2. The molecule has 0 spiro atoms. The van der Waals surface area contributed by atoms with Crippen LogP contribution in [-0.2, 0) is 18.9 Å². The molecule has 56 heavy (non-hydrogen) atoms. The number of carboxylic acid groups (broad SMARTS) is 2. The van der Waals surface area contributed by atoms with E-state index in [1.54, 1.807) is 84.9 Å². The van der Waals surface area contributed by atoms with Gasteiger partial charge in [0.25, 0.3) is 0 Å². The molecule has 12 heteroatoms. The predicted molar refractivity (Wildman–Crippen MR) is 205 cm³/mol. The number of rotatable bonds is 16. The van der Waals surface area contributed by atoms with Gasteiger partial charge < -0.3 is 29.2 Å². The fourth-order valence-electron chi connectivity index (χ4n) is 5.91. The maximum absolute atomic E-state index is 12.7. The average Bonchev–Trinajstić information content (AvgIpc) is 3.21. The van der Waals surface area contributed by atoms with Crippen LogP contribution in [0.15, 0.2) is 109 Å². The van der Waals surface area contributed by atoms with Crippen LogP contribution in [0.3, 0.4) is 0 Å². The van der Waals surface area contributed by atoms with Crippen LogP contribution in [0, 0.1) is 0 Å². The van der Waals surface area contributed by atoms with Crippen LogP contribution in [0.4, 0.5) is 0 Å². The van der Waals surface area contributed by atoms with Crippen molar-refractivity contribution < 1.29 is 57.9 Å². The summed E-state index contributed by atoms with van der Waals surface area (Å²) in [5.41, 5.74) is 1.72. The fourth-order valence-corrected chi connectivity index (χ4v) is 5.91. The van der Waals surface area contributed by atoms with Crippen molar-refractivity contribution in [3.63, 3.8) is 0 Å². The van der Waals surface area contributed by atoms with Crippen molar-refractivity contribution >= 4 is 68.1 Å². The van der Waals surface area contributed by atoms with E-state index in [2.05, 4.69) is 0 Å². The van der Waals surface area contributed by atoms with Gasteiger partial charge in [0.1, 0.15) is 0 Å². The first-order valence-electron chi connectivity index (χ1n) is 17.8. The van der Waals surface area contributed by atoms with E-state index in [0.717, 1.165) is 21.5 Å². The maximum atomic E-state index is 12.7. The van der Waals surface area contributed by atoms with E-state index in [9.17, 15) is 28.8 Å². The van der Waals surface area contributed by atoms with Crippen molar-refractivity contribution in [3.8, 4) is 0 Å². The van der Waals surface area contributed by atoms with Gasteiger partial charge in [0, 0.05) is 0 Å². The zero-order valence-electron chi connectivity index (χ0n) is 30.0. The number of ether oxygens (including phenoxy) is 4. The van der Waals surface area contributed by atoms with Gasteiger partial charge in [-0.1, -0.05) is 36.4 Å². The summed E-state index contributed by atoms with van der Waals surface area (Å²) < 4.78 is 21.5. The molecule has 6 aromatic carbocycles. The SMILES string of the molecule is O=C(O)c1ccc2cc(C(=O)OCCCCOC(=O)c3ccc4cc(C(=O)OCCCCOC(=O)c5ccc6cc(C(=O)O)ccc6c5)ccc4c3)ccc2c1. The lowest BCUT2D eigenvalue weighted by Gasteiger charge is -2.09. The number of unbranched alkanes of at least 4 members (excludes halogenated alkanes) is 2. The third kappa shape index (κ3) is 9.71. The molecule has 12 nitrogen and oxygen atoms in total. The highest BCUT2D eigenvalue weighted by Gasteiger charge is 2.14. The summed E-state index contributed by atoms with van der Waals surface area (Å²) in [6.45, 7) is 0.533. The van der Waals surface area contributed by atoms with Crippen molar-refractivity contribution in [3.05, 3.63) is 143 Å². The Morgan fingerprint density at radius 3 is 0.732 bits per heavy atom. The van der Waals surface area contributed by atoms with Gasteiger partial charge in [0.15, 0.2) is 0 Å². The molecule has 0 fully saturated rings. The Hall–Kier alpha value is -7.08. The molecule has 6 rings (SSSR count). The Morgan fingerprint density at radius 1 is 0.321 bits per heavy atom. The number of carboxylic acids is 2. The normalized spacial score (nSPS) is 10.9. The molecule has 0 atom stereocenters. The minimum Gasteiger partial charge on any atom is -0.478 e. The highest BCUT2D eigenvalue weighted by molar-refractivity contribution is 6.01. The van der Waals surface area contributed by atoms with E-state index in [1.165, 1.54) is 24.3 Å². The lowest BCUT2D eigenvalue weighted by atomic mass is 10.0. The molecule has 0 unspecified atom stereocenters. The van der Waals surface area contributed by atoms with Crippen LogP contribution >= 0.6 is 0 Å². The Labute approximate surface area is 320 Å². The molecule has 0 aliphatic heterocycles. The Morgan fingerprint density at radius 2 is 0.518 bits per heavy atom. The third-order valence-electron chi connectivity index (χ3n) is 8.97. The van der Waals surface area contributed by atoms with E-state index in [4.69, 9.17) is 29.2 Å². The van der Waals surface area contributed by atoms with E-state index >= 15 is 0 Å². The van der Waals surface area contributed by atoms with Gasteiger partial charge in [-0.05, 0) is 131 Å². The summed E-state index contributed by atoms with van der Waals surface area (Å²) in [6.07, 6.45) is 1.91. The maximum Gasteiger partial charge on any atom is 0.338 e. The van der Waals surface area contributed by atoms with Crippen molar-refractivity contribution in [2.24, 2.45) is 0 Å². The molecule has 0 saturated heterocycles. The molecule has 0 amide bonds. The monoisotopic (exact) mass is 756 g/mol. The van der Waals surface area contributed by atoms with Crippen LogP contribution in [0.2, 0.25) is 0 Å². The molecule has 0 saturated carbocycles. The fraction of sp³-hybridized carbons (Fsp3) is 0.182. The van der Waals surface area contributed by atoms with Gasteiger partial charge in [-0.15, -0.1) is 0 Å². The summed E-state index contributed by atoms with van der Waals surface area (Å²) in [4.78, 5) is 72.7. The van der Waals surface area contributed by atoms with Gasteiger partial charge in [0.2, 0.25) is 0 Å². The summed E-state index contributed by atoms with van der Waals surface area (Å²) in [5.74, 6) is -4.07. The Kier molecular flexibility index (Phi) is 12.3. The molecule has 0 heterocycles.